The third kappa shape index (κ3) is 2.69. The monoisotopic (exact) mass is 275 g/mol. The van der Waals surface area contributed by atoms with Gasteiger partial charge in [0.05, 0.1) is 11.3 Å². The van der Waals surface area contributed by atoms with Crippen molar-refractivity contribution in [3.8, 4) is 0 Å². The van der Waals surface area contributed by atoms with Crippen molar-refractivity contribution >= 4 is 17.2 Å². The molecule has 104 valence electrons. The summed E-state index contributed by atoms with van der Waals surface area (Å²) in [6.07, 6.45) is 0. The molecule has 0 saturated heterocycles. The first-order valence-corrected chi connectivity index (χ1v) is 6.37. The van der Waals surface area contributed by atoms with Crippen molar-refractivity contribution in [1.82, 2.24) is 0 Å². The average Bonchev–Trinajstić information content (AvgIpc) is 2.41. The van der Waals surface area contributed by atoms with Crippen molar-refractivity contribution < 1.29 is 13.6 Å². The van der Waals surface area contributed by atoms with E-state index in [-0.39, 0.29) is 17.2 Å². The fourth-order valence-electron chi connectivity index (χ4n) is 2.20. The van der Waals surface area contributed by atoms with Crippen LogP contribution in [-0.4, -0.2) is 12.3 Å². The van der Waals surface area contributed by atoms with E-state index in [2.05, 4.69) is 0 Å². The SMILES string of the molecule is CCN(c1ccc(F)cc1)c1cccc(F)c1C(C)=O. The van der Waals surface area contributed by atoms with E-state index in [0.717, 1.165) is 0 Å². The van der Waals surface area contributed by atoms with Crippen LogP contribution in [0.1, 0.15) is 24.2 Å². The smallest absolute Gasteiger partial charge is 0.164 e. The molecule has 4 heteroatoms. The molecule has 0 aliphatic rings. The Morgan fingerprint density at radius 3 is 2.30 bits per heavy atom. The molecule has 0 radical (unpaired) electrons. The van der Waals surface area contributed by atoms with E-state index >= 15 is 0 Å². The molecule has 0 bridgehead atoms. The quantitative estimate of drug-likeness (QED) is 0.774. The minimum absolute atomic E-state index is 0.0543. The Morgan fingerprint density at radius 2 is 1.75 bits per heavy atom. The van der Waals surface area contributed by atoms with Crippen LogP contribution < -0.4 is 4.90 Å². The lowest BCUT2D eigenvalue weighted by Crippen LogP contribution is -2.19. The molecule has 0 fully saturated rings. The molecule has 2 aromatic rings. The molecule has 0 amide bonds. The van der Waals surface area contributed by atoms with Crippen molar-refractivity contribution in [2.24, 2.45) is 0 Å². The first-order valence-electron chi connectivity index (χ1n) is 6.37. The van der Waals surface area contributed by atoms with Gasteiger partial charge in [0.2, 0.25) is 0 Å². The second-order valence-electron chi connectivity index (χ2n) is 4.41. The normalized spacial score (nSPS) is 10.4. The van der Waals surface area contributed by atoms with E-state index in [1.54, 1.807) is 29.2 Å². The van der Waals surface area contributed by atoms with Gasteiger partial charge in [-0.25, -0.2) is 8.78 Å². The summed E-state index contributed by atoms with van der Waals surface area (Å²) in [5.41, 5.74) is 1.26. The van der Waals surface area contributed by atoms with Crippen LogP contribution in [0.15, 0.2) is 42.5 Å². The minimum atomic E-state index is -0.546. The van der Waals surface area contributed by atoms with Gasteiger partial charge in [-0.3, -0.25) is 4.79 Å². The lowest BCUT2D eigenvalue weighted by molar-refractivity contribution is 0.101. The minimum Gasteiger partial charge on any atom is -0.341 e. The lowest BCUT2D eigenvalue weighted by atomic mass is 10.1. The summed E-state index contributed by atoms with van der Waals surface area (Å²) in [5.74, 6) is -1.22. The van der Waals surface area contributed by atoms with Crippen LogP contribution in [0, 0.1) is 11.6 Å². The van der Waals surface area contributed by atoms with Gasteiger partial charge in [0.15, 0.2) is 5.78 Å². The maximum absolute atomic E-state index is 13.9. The van der Waals surface area contributed by atoms with Gasteiger partial charge in [-0.2, -0.15) is 0 Å². The Balaban J connectivity index is 2.55. The van der Waals surface area contributed by atoms with E-state index in [4.69, 9.17) is 0 Å². The molecule has 20 heavy (non-hydrogen) atoms. The molecule has 0 heterocycles. The first kappa shape index (κ1) is 14.2. The topological polar surface area (TPSA) is 20.3 Å². The van der Waals surface area contributed by atoms with Gasteiger partial charge >= 0.3 is 0 Å². The molecule has 2 nitrogen and oxygen atoms in total. The summed E-state index contributed by atoms with van der Waals surface area (Å²) in [6.45, 7) is 3.76. The van der Waals surface area contributed by atoms with Gasteiger partial charge in [0, 0.05) is 12.2 Å². The summed E-state index contributed by atoms with van der Waals surface area (Å²) >= 11 is 0. The van der Waals surface area contributed by atoms with Crippen LogP contribution in [0.2, 0.25) is 0 Å². The Morgan fingerprint density at radius 1 is 1.10 bits per heavy atom. The highest BCUT2D eigenvalue weighted by molar-refractivity contribution is 6.00. The number of hydrogen-bond acceptors (Lipinski definition) is 2. The summed E-state index contributed by atoms with van der Waals surface area (Å²) in [6, 6.07) is 10.4. The van der Waals surface area contributed by atoms with Gasteiger partial charge in [0.25, 0.3) is 0 Å². The number of anilines is 2. The summed E-state index contributed by atoms with van der Waals surface area (Å²) in [5, 5.41) is 0. The summed E-state index contributed by atoms with van der Waals surface area (Å²) in [4.78, 5) is 13.4. The summed E-state index contributed by atoms with van der Waals surface area (Å²) in [7, 11) is 0. The van der Waals surface area contributed by atoms with Gasteiger partial charge in [-0.15, -0.1) is 0 Å². The van der Waals surface area contributed by atoms with Crippen LogP contribution >= 0.6 is 0 Å². The molecule has 2 rings (SSSR count). The fraction of sp³-hybridized carbons (Fsp3) is 0.188. The molecule has 0 aliphatic carbocycles. The lowest BCUT2D eigenvalue weighted by Gasteiger charge is -2.25. The van der Waals surface area contributed by atoms with E-state index < -0.39 is 5.82 Å². The van der Waals surface area contributed by atoms with Crippen molar-refractivity contribution in [3.05, 3.63) is 59.7 Å². The van der Waals surface area contributed by atoms with Crippen LogP contribution in [-0.2, 0) is 0 Å². The molecular weight excluding hydrogens is 260 g/mol. The molecule has 0 atom stereocenters. The fourth-order valence-corrected chi connectivity index (χ4v) is 2.20. The number of Topliss-reactive ketones (excluding diaryl/α,β-unsaturated/α-hetero) is 1. The average molecular weight is 275 g/mol. The zero-order valence-corrected chi connectivity index (χ0v) is 11.4. The second-order valence-corrected chi connectivity index (χ2v) is 4.41. The highest BCUT2D eigenvalue weighted by atomic mass is 19.1. The molecule has 2 aromatic carbocycles. The standard InChI is InChI=1S/C16H15F2NO/c1-3-19(13-9-7-12(17)8-10-13)15-6-4-5-14(18)16(15)11(2)20/h4-10H,3H2,1-2H3. The van der Waals surface area contributed by atoms with Crippen LogP contribution in [0.3, 0.4) is 0 Å². The summed E-state index contributed by atoms with van der Waals surface area (Å²) < 4.78 is 26.9. The highest BCUT2D eigenvalue weighted by Gasteiger charge is 2.18. The van der Waals surface area contributed by atoms with E-state index in [1.165, 1.54) is 25.1 Å². The third-order valence-electron chi connectivity index (χ3n) is 3.09. The van der Waals surface area contributed by atoms with Crippen LogP contribution in [0.5, 0.6) is 0 Å². The molecule has 0 aromatic heterocycles. The maximum Gasteiger partial charge on any atom is 0.164 e. The Bertz CT molecular complexity index is 623. The molecule has 0 unspecified atom stereocenters. The number of hydrogen-bond donors (Lipinski definition) is 0. The van der Waals surface area contributed by atoms with Crippen molar-refractivity contribution in [1.29, 1.82) is 0 Å². The Kier molecular flexibility index (Phi) is 4.13. The zero-order valence-electron chi connectivity index (χ0n) is 11.4. The maximum atomic E-state index is 13.9. The Labute approximate surface area is 116 Å². The largest absolute Gasteiger partial charge is 0.341 e. The Hall–Kier alpha value is -2.23. The number of benzene rings is 2. The third-order valence-corrected chi connectivity index (χ3v) is 3.09. The van der Waals surface area contributed by atoms with Crippen LogP contribution in [0.25, 0.3) is 0 Å². The molecular formula is C16H15F2NO. The number of rotatable bonds is 4. The number of carbonyl (C=O) groups excluding carboxylic acids is 1. The van der Waals surface area contributed by atoms with Gasteiger partial charge in [-0.1, -0.05) is 6.07 Å². The van der Waals surface area contributed by atoms with Crippen molar-refractivity contribution in [3.63, 3.8) is 0 Å². The van der Waals surface area contributed by atoms with E-state index in [0.29, 0.717) is 17.9 Å². The van der Waals surface area contributed by atoms with Gasteiger partial charge in [0.1, 0.15) is 11.6 Å². The molecule has 0 spiro atoms. The first-order chi connectivity index (χ1) is 9.54. The predicted octanol–water partition coefficient (Wildman–Crippen LogP) is 4.33. The number of halogens is 2. The van der Waals surface area contributed by atoms with Gasteiger partial charge in [-0.05, 0) is 50.2 Å². The van der Waals surface area contributed by atoms with E-state index in [9.17, 15) is 13.6 Å². The second kappa shape index (κ2) is 5.82. The molecule has 0 saturated carbocycles. The van der Waals surface area contributed by atoms with Crippen LogP contribution in [0.4, 0.5) is 20.2 Å². The number of nitrogens with zero attached hydrogens (tertiary/aromatic N) is 1. The highest BCUT2D eigenvalue weighted by Crippen LogP contribution is 2.30. The number of carbonyl (C=O) groups is 1. The van der Waals surface area contributed by atoms with Gasteiger partial charge < -0.3 is 4.90 Å². The van der Waals surface area contributed by atoms with Crippen molar-refractivity contribution in [2.45, 2.75) is 13.8 Å². The molecule has 0 aliphatic heterocycles. The zero-order chi connectivity index (χ0) is 14.7. The van der Waals surface area contributed by atoms with E-state index in [1.807, 2.05) is 6.92 Å². The van der Waals surface area contributed by atoms with Crippen molar-refractivity contribution in [2.75, 3.05) is 11.4 Å². The predicted molar refractivity (Wildman–Crippen MR) is 75.5 cm³/mol. The molecule has 0 N–H and O–H groups in total. The number of ketones is 1.